The summed E-state index contributed by atoms with van der Waals surface area (Å²) in [6.07, 6.45) is 0. The van der Waals surface area contributed by atoms with E-state index < -0.39 is 0 Å². The molecular weight excluding hydrogens is 350 g/mol. The van der Waals surface area contributed by atoms with E-state index in [-0.39, 0.29) is 11.9 Å². The van der Waals surface area contributed by atoms with Gasteiger partial charge in [0.1, 0.15) is 17.2 Å². The summed E-state index contributed by atoms with van der Waals surface area (Å²) in [4.78, 5) is 12.2. The molecule has 0 fully saturated rings. The molecule has 140 valence electrons. The molecule has 0 bridgehead atoms. The monoisotopic (exact) mass is 375 g/mol. The van der Waals surface area contributed by atoms with Gasteiger partial charge < -0.3 is 19.5 Å². The van der Waals surface area contributed by atoms with Gasteiger partial charge in [0.05, 0.1) is 33.1 Å². The first kappa shape index (κ1) is 20.0. The molecule has 1 atom stereocenters. The molecule has 0 aliphatic rings. The van der Waals surface area contributed by atoms with E-state index in [2.05, 4.69) is 5.32 Å². The molecule has 1 amide bonds. The molecule has 2 rings (SSSR count). The number of carbonyl (C=O) groups is 1. The molecule has 0 spiro atoms. The summed E-state index contributed by atoms with van der Waals surface area (Å²) in [7, 11) is 4.88. The van der Waals surface area contributed by atoms with Gasteiger partial charge in [-0.1, -0.05) is 12.1 Å². The van der Waals surface area contributed by atoms with Crippen LogP contribution in [0.2, 0.25) is 0 Å². The van der Waals surface area contributed by atoms with Gasteiger partial charge in [0.2, 0.25) is 5.91 Å². The smallest absolute Gasteiger partial charge is 0.230 e. The minimum atomic E-state index is -0.172. The van der Waals surface area contributed by atoms with Crippen LogP contribution in [0.25, 0.3) is 0 Å². The van der Waals surface area contributed by atoms with E-state index in [1.54, 1.807) is 33.1 Å². The van der Waals surface area contributed by atoms with Crippen LogP contribution in [-0.2, 0) is 10.5 Å². The Morgan fingerprint density at radius 1 is 1.00 bits per heavy atom. The van der Waals surface area contributed by atoms with Gasteiger partial charge in [-0.05, 0) is 42.8 Å². The number of amides is 1. The summed E-state index contributed by atoms with van der Waals surface area (Å²) < 4.78 is 15.8. The number of hydrogen-bond donors (Lipinski definition) is 1. The molecule has 1 unspecified atom stereocenters. The van der Waals surface area contributed by atoms with E-state index in [0.29, 0.717) is 5.75 Å². The molecule has 26 heavy (non-hydrogen) atoms. The van der Waals surface area contributed by atoms with Crippen LogP contribution in [0.3, 0.4) is 0 Å². The van der Waals surface area contributed by atoms with Crippen LogP contribution in [0.15, 0.2) is 42.5 Å². The summed E-state index contributed by atoms with van der Waals surface area (Å²) >= 11 is 1.57. The molecule has 6 heteroatoms. The van der Waals surface area contributed by atoms with Crippen molar-refractivity contribution >= 4 is 17.7 Å². The molecule has 5 nitrogen and oxygen atoms in total. The summed E-state index contributed by atoms with van der Waals surface area (Å²) in [6.45, 7) is 1.93. The molecule has 0 saturated carbocycles. The first-order valence-electron chi connectivity index (χ1n) is 8.29. The van der Waals surface area contributed by atoms with E-state index in [0.717, 1.165) is 34.1 Å². The number of carbonyl (C=O) groups excluding carboxylic acids is 1. The second kappa shape index (κ2) is 9.97. The van der Waals surface area contributed by atoms with Gasteiger partial charge in [-0.3, -0.25) is 4.79 Å². The topological polar surface area (TPSA) is 56.8 Å². The van der Waals surface area contributed by atoms with Gasteiger partial charge >= 0.3 is 0 Å². The van der Waals surface area contributed by atoms with Crippen molar-refractivity contribution in [2.24, 2.45) is 0 Å². The molecule has 0 aliphatic carbocycles. The van der Waals surface area contributed by atoms with Crippen molar-refractivity contribution in [2.45, 2.75) is 18.7 Å². The summed E-state index contributed by atoms with van der Waals surface area (Å²) in [5.41, 5.74) is 2.05. The molecular formula is C20H25NO4S. The van der Waals surface area contributed by atoms with Gasteiger partial charge in [-0.25, -0.2) is 0 Å². The number of benzene rings is 2. The lowest BCUT2D eigenvalue weighted by molar-refractivity contribution is -0.119. The van der Waals surface area contributed by atoms with Crippen molar-refractivity contribution in [2.75, 3.05) is 27.1 Å². The summed E-state index contributed by atoms with van der Waals surface area (Å²) in [5, 5.41) is 3.01. The zero-order chi connectivity index (χ0) is 18.9. The van der Waals surface area contributed by atoms with Gasteiger partial charge in [0, 0.05) is 11.3 Å². The van der Waals surface area contributed by atoms with Crippen LogP contribution < -0.4 is 19.5 Å². The Morgan fingerprint density at radius 3 is 2.27 bits per heavy atom. The first-order valence-corrected chi connectivity index (χ1v) is 9.44. The maximum absolute atomic E-state index is 12.2. The molecule has 0 radical (unpaired) electrons. The van der Waals surface area contributed by atoms with E-state index >= 15 is 0 Å². The molecule has 2 aromatic rings. The molecule has 0 heterocycles. The third-order valence-corrected chi connectivity index (χ3v) is 4.95. The Hall–Kier alpha value is -2.34. The summed E-state index contributed by atoms with van der Waals surface area (Å²) in [5.74, 6) is 3.44. The van der Waals surface area contributed by atoms with Crippen molar-refractivity contribution in [3.63, 3.8) is 0 Å². The number of thioether (sulfide) groups is 1. The molecule has 0 saturated heterocycles. The second-order valence-electron chi connectivity index (χ2n) is 5.74. The van der Waals surface area contributed by atoms with Crippen LogP contribution in [-0.4, -0.2) is 33.0 Å². The summed E-state index contributed by atoms with van der Waals surface area (Å²) in [6, 6.07) is 13.3. The highest BCUT2D eigenvalue weighted by atomic mass is 32.2. The Labute approximate surface area is 159 Å². The number of nitrogens with one attached hydrogen (secondary N) is 1. The molecule has 0 aliphatic heterocycles. The minimum Gasteiger partial charge on any atom is -0.497 e. The Morgan fingerprint density at radius 2 is 1.65 bits per heavy atom. The second-order valence-corrected chi connectivity index (χ2v) is 6.72. The van der Waals surface area contributed by atoms with E-state index in [4.69, 9.17) is 14.2 Å². The normalized spacial score (nSPS) is 11.5. The quantitative estimate of drug-likeness (QED) is 0.722. The fourth-order valence-electron chi connectivity index (χ4n) is 2.52. The van der Waals surface area contributed by atoms with Crippen LogP contribution >= 0.6 is 11.8 Å². The third-order valence-electron chi connectivity index (χ3n) is 3.94. The maximum Gasteiger partial charge on any atom is 0.230 e. The van der Waals surface area contributed by atoms with Gasteiger partial charge in [-0.2, -0.15) is 0 Å². The highest BCUT2D eigenvalue weighted by Crippen LogP contribution is 2.29. The fraction of sp³-hybridized carbons (Fsp3) is 0.350. The highest BCUT2D eigenvalue weighted by Gasteiger charge is 2.15. The van der Waals surface area contributed by atoms with Crippen LogP contribution in [0.4, 0.5) is 0 Å². The number of ether oxygens (including phenoxy) is 3. The highest BCUT2D eigenvalue weighted by molar-refractivity contribution is 7.99. The van der Waals surface area contributed by atoms with Gasteiger partial charge in [0.15, 0.2) is 0 Å². The molecule has 0 aromatic heterocycles. The van der Waals surface area contributed by atoms with Crippen LogP contribution in [0.5, 0.6) is 17.2 Å². The largest absolute Gasteiger partial charge is 0.497 e. The lowest BCUT2D eigenvalue weighted by Crippen LogP contribution is -2.28. The lowest BCUT2D eigenvalue weighted by atomic mass is 10.1. The average molecular weight is 375 g/mol. The fourth-order valence-corrected chi connectivity index (χ4v) is 3.32. The average Bonchev–Trinajstić information content (AvgIpc) is 2.67. The van der Waals surface area contributed by atoms with Crippen molar-refractivity contribution in [3.8, 4) is 17.2 Å². The predicted molar refractivity (Wildman–Crippen MR) is 105 cm³/mol. The lowest BCUT2D eigenvalue weighted by Gasteiger charge is -2.18. The van der Waals surface area contributed by atoms with Crippen molar-refractivity contribution in [1.82, 2.24) is 5.32 Å². The maximum atomic E-state index is 12.2. The van der Waals surface area contributed by atoms with Crippen molar-refractivity contribution in [1.29, 1.82) is 0 Å². The third kappa shape index (κ3) is 5.59. The first-order chi connectivity index (χ1) is 12.6. The van der Waals surface area contributed by atoms with Crippen LogP contribution in [0, 0.1) is 0 Å². The van der Waals surface area contributed by atoms with Crippen LogP contribution in [0.1, 0.15) is 24.1 Å². The van der Waals surface area contributed by atoms with E-state index in [9.17, 15) is 4.79 Å². The van der Waals surface area contributed by atoms with E-state index in [1.165, 1.54) is 0 Å². The zero-order valence-electron chi connectivity index (χ0n) is 15.6. The van der Waals surface area contributed by atoms with Gasteiger partial charge in [-0.15, -0.1) is 11.8 Å². The Kier molecular flexibility index (Phi) is 7.66. The standard InChI is InChI=1S/C20H25NO4S/c1-14(18-11-17(24-3)9-10-19(18)25-4)21-20(22)13-26-12-15-5-7-16(23-2)8-6-15/h5-11,14H,12-13H2,1-4H3,(H,21,22). The predicted octanol–water partition coefficient (Wildman–Crippen LogP) is 3.82. The van der Waals surface area contributed by atoms with Gasteiger partial charge in [0.25, 0.3) is 0 Å². The van der Waals surface area contributed by atoms with Crippen molar-refractivity contribution < 1.29 is 19.0 Å². The van der Waals surface area contributed by atoms with E-state index in [1.807, 2.05) is 49.4 Å². The number of methoxy groups -OCH3 is 3. The minimum absolute atomic E-state index is 0.0131. The molecule has 2 aromatic carbocycles. The number of rotatable bonds is 9. The Bertz CT molecular complexity index is 718. The number of hydrogen-bond acceptors (Lipinski definition) is 5. The molecule has 1 N–H and O–H groups in total. The SMILES string of the molecule is COc1ccc(CSCC(=O)NC(C)c2cc(OC)ccc2OC)cc1. The van der Waals surface area contributed by atoms with Crippen molar-refractivity contribution in [3.05, 3.63) is 53.6 Å². The Balaban J connectivity index is 1.86. The zero-order valence-corrected chi connectivity index (χ0v) is 16.4.